The smallest absolute Gasteiger partial charge is 0.229 e. The Hall–Kier alpha value is -2.93. The third-order valence-corrected chi connectivity index (χ3v) is 4.40. The van der Waals surface area contributed by atoms with Crippen molar-refractivity contribution < 1.29 is 0 Å². The van der Waals surface area contributed by atoms with E-state index in [2.05, 4.69) is 61.4 Å². The van der Waals surface area contributed by atoms with E-state index in [1.54, 1.807) is 18.7 Å². The number of aromatic nitrogens is 4. The Morgan fingerprint density at radius 1 is 0.960 bits per heavy atom. The molecule has 4 rings (SSSR count). The highest BCUT2D eigenvalue weighted by Gasteiger charge is 2.14. The quantitative estimate of drug-likeness (QED) is 0.788. The second-order valence-electron chi connectivity index (χ2n) is 6.17. The van der Waals surface area contributed by atoms with Crippen LogP contribution in [0.3, 0.4) is 0 Å². The minimum atomic E-state index is 0.568. The zero-order valence-corrected chi connectivity index (χ0v) is 14.2. The predicted molar refractivity (Wildman–Crippen MR) is 98.6 cm³/mol. The molecule has 1 aliphatic heterocycles. The van der Waals surface area contributed by atoms with Crippen molar-refractivity contribution in [1.82, 2.24) is 24.4 Å². The Morgan fingerprint density at radius 3 is 2.48 bits per heavy atom. The van der Waals surface area contributed by atoms with Gasteiger partial charge in [0.05, 0.1) is 0 Å². The molecular formula is C18H21N7. The van der Waals surface area contributed by atoms with Crippen LogP contribution in [-0.2, 0) is 0 Å². The Morgan fingerprint density at radius 2 is 1.76 bits per heavy atom. The molecule has 0 spiro atoms. The van der Waals surface area contributed by atoms with Crippen molar-refractivity contribution in [3.8, 4) is 5.82 Å². The van der Waals surface area contributed by atoms with Crippen LogP contribution in [-0.4, -0.2) is 57.6 Å². The van der Waals surface area contributed by atoms with Crippen LogP contribution in [0.5, 0.6) is 0 Å². The number of rotatable bonds is 4. The summed E-state index contributed by atoms with van der Waals surface area (Å²) in [5, 5.41) is 3.26. The van der Waals surface area contributed by atoms with Gasteiger partial charge in [0.25, 0.3) is 0 Å². The molecule has 0 radical (unpaired) electrons. The topological polar surface area (TPSA) is 62.1 Å². The first-order valence-corrected chi connectivity index (χ1v) is 8.40. The number of benzene rings is 1. The molecule has 0 aliphatic carbocycles. The van der Waals surface area contributed by atoms with Gasteiger partial charge in [-0.3, -0.25) is 4.57 Å². The van der Waals surface area contributed by atoms with E-state index in [1.807, 2.05) is 16.8 Å². The van der Waals surface area contributed by atoms with Crippen molar-refractivity contribution >= 4 is 17.3 Å². The molecule has 0 bridgehead atoms. The molecule has 25 heavy (non-hydrogen) atoms. The largest absolute Gasteiger partial charge is 0.369 e. The molecule has 1 aliphatic rings. The molecule has 3 heterocycles. The zero-order chi connectivity index (χ0) is 17.1. The summed E-state index contributed by atoms with van der Waals surface area (Å²) in [6, 6.07) is 10.3. The average molecular weight is 335 g/mol. The van der Waals surface area contributed by atoms with Gasteiger partial charge in [-0.1, -0.05) is 0 Å². The minimum Gasteiger partial charge on any atom is -0.369 e. The van der Waals surface area contributed by atoms with E-state index in [4.69, 9.17) is 0 Å². The van der Waals surface area contributed by atoms with Crippen LogP contribution in [0.1, 0.15) is 0 Å². The van der Waals surface area contributed by atoms with Crippen molar-refractivity contribution in [3.63, 3.8) is 0 Å². The molecule has 3 aromatic rings. The normalized spacial score (nSPS) is 15.3. The van der Waals surface area contributed by atoms with Gasteiger partial charge >= 0.3 is 0 Å². The summed E-state index contributed by atoms with van der Waals surface area (Å²) in [6.45, 7) is 4.35. The van der Waals surface area contributed by atoms with Gasteiger partial charge in [0.15, 0.2) is 0 Å². The highest BCUT2D eigenvalue weighted by atomic mass is 15.2. The average Bonchev–Trinajstić information content (AvgIpc) is 3.18. The summed E-state index contributed by atoms with van der Waals surface area (Å²) in [6.07, 6.45) is 7.05. The van der Waals surface area contributed by atoms with E-state index >= 15 is 0 Å². The maximum absolute atomic E-state index is 4.52. The van der Waals surface area contributed by atoms with E-state index in [1.165, 1.54) is 5.69 Å². The van der Waals surface area contributed by atoms with Crippen LogP contribution in [0.2, 0.25) is 0 Å². The monoisotopic (exact) mass is 335 g/mol. The number of piperazine rings is 1. The molecule has 1 saturated heterocycles. The molecule has 0 amide bonds. The highest BCUT2D eigenvalue weighted by molar-refractivity contribution is 5.59. The van der Waals surface area contributed by atoms with Crippen LogP contribution < -0.4 is 10.2 Å². The predicted octanol–water partition coefficient (Wildman–Crippen LogP) is 2.16. The van der Waals surface area contributed by atoms with Crippen LogP contribution in [0.15, 0.2) is 55.2 Å². The lowest BCUT2D eigenvalue weighted by Gasteiger charge is -2.34. The Bertz CT molecular complexity index is 806. The number of anilines is 3. The lowest BCUT2D eigenvalue weighted by atomic mass is 10.2. The first kappa shape index (κ1) is 15.6. The van der Waals surface area contributed by atoms with Crippen molar-refractivity contribution in [2.45, 2.75) is 0 Å². The molecule has 2 aromatic heterocycles. The Balaban J connectivity index is 1.45. The fraction of sp³-hybridized carbons (Fsp3) is 0.278. The SMILES string of the molecule is CN1CCN(c2ccc(Nc3nccc(-n4ccnc4)n3)cc2)CC1. The van der Waals surface area contributed by atoms with Gasteiger partial charge in [-0.2, -0.15) is 4.98 Å². The molecule has 1 fully saturated rings. The fourth-order valence-corrected chi connectivity index (χ4v) is 2.90. The summed E-state index contributed by atoms with van der Waals surface area (Å²) < 4.78 is 1.85. The van der Waals surface area contributed by atoms with E-state index in [-0.39, 0.29) is 0 Å². The van der Waals surface area contributed by atoms with Crippen molar-refractivity contribution in [2.24, 2.45) is 0 Å². The molecule has 0 atom stereocenters. The summed E-state index contributed by atoms with van der Waals surface area (Å²) >= 11 is 0. The molecule has 1 N–H and O–H groups in total. The minimum absolute atomic E-state index is 0.568. The lowest BCUT2D eigenvalue weighted by Crippen LogP contribution is -2.44. The number of likely N-dealkylation sites (N-methyl/N-ethyl adjacent to an activating group) is 1. The van der Waals surface area contributed by atoms with E-state index in [0.717, 1.165) is 37.7 Å². The molecule has 0 saturated carbocycles. The molecule has 128 valence electrons. The first-order chi connectivity index (χ1) is 12.3. The standard InChI is InChI=1S/C18H21N7/c1-23-10-12-24(13-11-23)16-4-2-15(3-5-16)21-18-20-7-6-17(22-18)25-9-8-19-14-25/h2-9,14H,10-13H2,1H3,(H,20,21,22). The number of nitrogens with zero attached hydrogens (tertiary/aromatic N) is 6. The van der Waals surface area contributed by atoms with E-state index in [0.29, 0.717) is 5.95 Å². The maximum atomic E-state index is 4.52. The number of nitrogens with one attached hydrogen (secondary N) is 1. The van der Waals surface area contributed by atoms with Crippen LogP contribution >= 0.6 is 0 Å². The first-order valence-electron chi connectivity index (χ1n) is 8.40. The maximum Gasteiger partial charge on any atom is 0.229 e. The molecule has 7 nitrogen and oxygen atoms in total. The van der Waals surface area contributed by atoms with Crippen molar-refractivity contribution in [2.75, 3.05) is 43.4 Å². The lowest BCUT2D eigenvalue weighted by molar-refractivity contribution is 0.313. The summed E-state index contributed by atoms with van der Waals surface area (Å²) in [7, 11) is 2.17. The van der Waals surface area contributed by atoms with Crippen molar-refractivity contribution in [3.05, 3.63) is 55.2 Å². The molecule has 1 aromatic carbocycles. The van der Waals surface area contributed by atoms with E-state index < -0.39 is 0 Å². The Kier molecular flexibility index (Phi) is 4.30. The van der Waals surface area contributed by atoms with E-state index in [9.17, 15) is 0 Å². The molecule has 7 heteroatoms. The zero-order valence-electron chi connectivity index (χ0n) is 14.2. The Labute approximate surface area is 147 Å². The number of hydrogen-bond donors (Lipinski definition) is 1. The number of hydrogen-bond acceptors (Lipinski definition) is 6. The summed E-state index contributed by atoms with van der Waals surface area (Å²) in [4.78, 5) is 17.6. The van der Waals surface area contributed by atoms with Gasteiger partial charge in [-0.15, -0.1) is 0 Å². The second-order valence-corrected chi connectivity index (χ2v) is 6.17. The fourth-order valence-electron chi connectivity index (χ4n) is 2.90. The third-order valence-electron chi connectivity index (χ3n) is 4.40. The molecular weight excluding hydrogens is 314 g/mol. The number of imidazole rings is 1. The van der Waals surface area contributed by atoms with Crippen LogP contribution in [0, 0.1) is 0 Å². The summed E-state index contributed by atoms with van der Waals surface area (Å²) in [5.74, 6) is 1.35. The van der Waals surface area contributed by atoms with Crippen LogP contribution in [0.25, 0.3) is 5.82 Å². The third kappa shape index (κ3) is 3.61. The van der Waals surface area contributed by atoms with Gasteiger partial charge in [0.2, 0.25) is 5.95 Å². The van der Waals surface area contributed by atoms with Gasteiger partial charge in [0.1, 0.15) is 12.1 Å². The highest BCUT2D eigenvalue weighted by Crippen LogP contribution is 2.21. The van der Waals surface area contributed by atoms with Crippen LogP contribution in [0.4, 0.5) is 17.3 Å². The van der Waals surface area contributed by atoms with Gasteiger partial charge < -0.3 is 15.1 Å². The van der Waals surface area contributed by atoms with Gasteiger partial charge in [-0.05, 0) is 37.4 Å². The second kappa shape index (κ2) is 6.90. The van der Waals surface area contributed by atoms with Crippen molar-refractivity contribution in [1.29, 1.82) is 0 Å². The van der Waals surface area contributed by atoms with Gasteiger partial charge in [0, 0.05) is 56.1 Å². The summed E-state index contributed by atoms with van der Waals surface area (Å²) in [5.41, 5.74) is 2.23. The molecule has 0 unspecified atom stereocenters. The van der Waals surface area contributed by atoms with Gasteiger partial charge in [-0.25, -0.2) is 9.97 Å².